The molecule has 1 unspecified atom stereocenters. The molecule has 2 nitrogen and oxygen atoms in total. The predicted octanol–water partition coefficient (Wildman–Crippen LogP) is 3.70. The highest BCUT2D eigenvalue weighted by Crippen LogP contribution is 2.17. The van der Waals surface area contributed by atoms with Crippen molar-refractivity contribution in [3.05, 3.63) is 12.0 Å². The summed E-state index contributed by atoms with van der Waals surface area (Å²) in [7, 11) is 0. The molecule has 0 bridgehead atoms. The molecule has 1 aliphatic rings. The third kappa shape index (κ3) is 4.44. The minimum Gasteiger partial charge on any atom is -0.475 e. The molecular formula is C11H18INO. The molecule has 0 N–H and O–H groups in total. The molecule has 80 valence electrons. The third-order valence-corrected chi connectivity index (χ3v) is 2.61. The number of ether oxygens (including phenoxy) is 1. The van der Waals surface area contributed by atoms with Crippen LogP contribution in [0.15, 0.2) is 17.0 Å². The maximum atomic E-state index is 5.74. The smallest absolute Gasteiger partial charge is 0.209 e. The molecule has 2 atom stereocenters. The second kappa shape index (κ2) is 5.73. The van der Waals surface area contributed by atoms with Crippen LogP contribution in [0.3, 0.4) is 0 Å². The van der Waals surface area contributed by atoms with Crippen molar-refractivity contribution >= 4 is 28.3 Å². The molecule has 0 spiro atoms. The molecule has 0 saturated carbocycles. The molecule has 0 fully saturated rings. The fourth-order valence-electron chi connectivity index (χ4n) is 1.48. The largest absolute Gasteiger partial charge is 0.475 e. The van der Waals surface area contributed by atoms with Crippen LogP contribution in [0.2, 0.25) is 0 Å². The Bertz CT molecular complexity index is 246. The van der Waals surface area contributed by atoms with Crippen LogP contribution in [0.1, 0.15) is 40.0 Å². The van der Waals surface area contributed by atoms with Crippen molar-refractivity contribution in [1.29, 1.82) is 0 Å². The lowest BCUT2D eigenvalue weighted by Gasteiger charge is -2.18. The normalized spacial score (nSPS) is 20.9. The van der Waals surface area contributed by atoms with Gasteiger partial charge in [0.05, 0.1) is 6.10 Å². The fraction of sp³-hybridized carbons (Fsp3) is 0.727. The lowest BCUT2D eigenvalue weighted by molar-refractivity contribution is 0.122. The van der Waals surface area contributed by atoms with Crippen molar-refractivity contribution < 1.29 is 4.74 Å². The Balaban J connectivity index is 2.40. The third-order valence-electron chi connectivity index (χ3n) is 2.10. The average Bonchev–Trinajstić information content (AvgIpc) is 2.01. The van der Waals surface area contributed by atoms with E-state index in [4.69, 9.17) is 4.74 Å². The van der Waals surface area contributed by atoms with Crippen LogP contribution in [0.4, 0.5) is 0 Å². The summed E-state index contributed by atoms with van der Waals surface area (Å²) in [5.74, 6) is 0.818. The van der Waals surface area contributed by atoms with E-state index < -0.39 is 0 Å². The van der Waals surface area contributed by atoms with E-state index in [9.17, 15) is 0 Å². The zero-order valence-corrected chi connectivity index (χ0v) is 11.2. The zero-order valence-electron chi connectivity index (χ0n) is 9.09. The number of rotatable bonds is 4. The highest BCUT2D eigenvalue weighted by Gasteiger charge is 2.10. The van der Waals surface area contributed by atoms with Gasteiger partial charge in [-0.1, -0.05) is 29.5 Å². The molecule has 0 radical (unpaired) electrons. The molecule has 3 heteroatoms. The number of hydrogen-bond donors (Lipinski definition) is 0. The molecule has 0 saturated heterocycles. The van der Waals surface area contributed by atoms with Crippen molar-refractivity contribution in [1.82, 2.24) is 0 Å². The topological polar surface area (TPSA) is 21.6 Å². The minimum absolute atomic E-state index is 0.266. The predicted molar refractivity (Wildman–Crippen MR) is 69.1 cm³/mol. The first-order valence-electron chi connectivity index (χ1n) is 5.13. The minimum atomic E-state index is 0.266. The van der Waals surface area contributed by atoms with E-state index in [1.54, 1.807) is 0 Å². The first kappa shape index (κ1) is 12.0. The Morgan fingerprint density at radius 1 is 1.57 bits per heavy atom. The van der Waals surface area contributed by atoms with Crippen LogP contribution in [-0.2, 0) is 4.74 Å². The summed E-state index contributed by atoms with van der Waals surface area (Å²) >= 11 is 2.42. The van der Waals surface area contributed by atoms with E-state index in [1.807, 2.05) is 0 Å². The summed E-state index contributed by atoms with van der Waals surface area (Å²) in [5, 5.41) is 0. The zero-order chi connectivity index (χ0) is 10.6. The Kier molecular flexibility index (Phi) is 4.92. The van der Waals surface area contributed by atoms with Crippen LogP contribution in [0, 0.1) is 0 Å². The molecule has 0 aromatic carbocycles. The van der Waals surface area contributed by atoms with Crippen molar-refractivity contribution in [2.24, 2.45) is 4.99 Å². The summed E-state index contributed by atoms with van der Waals surface area (Å²) in [6, 6.07) is 0. The number of hydrogen-bond acceptors (Lipinski definition) is 2. The monoisotopic (exact) mass is 307 g/mol. The highest BCUT2D eigenvalue weighted by molar-refractivity contribution is 14.1. The van der Waals surface area contributed by atoms with Gasteiger partial charge >= 0.3 is 0 Å². The van der Waals surface area contributed by atoms with Crippen LogP contribution in [0.25, 0.3) is 0 Å². The van der Waals surface area contributed by atoms with Gasteiger partial charge in [0.2, 0.25) is 5.88 Å². The van der Waals surface area contributed by atoms with E-state index in [1.165, 1.54) is 5.71 Å². The van der Waals surface area contributed by atoms with E-state index in [-0.39, 0.29) is 6.10 Å². The van der Waals surface area contributed by atoms with Gasteiger partial charge in [0.25, 0.3) is 0 Å². The lowest BCUT2D eigenvalue weighted by Crippen LogP contribution is -2.13. The number of aliphatic imine (C=N–C) groups is 1. The van der Waals surface area contributed by atoms with Crippen LogP contribution < -0.4 is 0 Å². The van der Waals surface area contributed by atoms with E-state index in [0.29, 0.717) is 3.92 Å². The van der Waals surface area contributed by atoms with Gasteiger partial charge in [-0.25, -0.2) is 4.99 Å². The summed E-state index contributed by atoms with van der Waals surface area (Å²) in [4.78, 5) is 4.38. The molecular weight excluding hydrogens is 289 g/mol. The SMILES string of the molecule is CC1=NC(O[C@@H](C)CC(C)I)=CCC1. The van der Waals surface area contributed by atoms with Gasteiger partial charge in [0.1, 0.15) is 0 Å². The van der Waals surface area contributed by atoms with Gasteiger partial charge in [-0.3, -0.25) is 0 Å². The Hall–Kier alpha value is -0.0600. The van der Waals surface area contributed by atoms with Gasteiger partial charge in [-0.15, -0.1) is 0 Å². The van der Waals surface area contributed by atoms with Crippen molar-refractivity contribution in [2.45, 2.75) is 50.1 Å². The maximum absolute atomic E-state index is 5.74. The Morgan fingerprint density at radius 3 is 2.86 bits per heavy atom. The summed E-state index contributed by atoms with van der Waals surface area (Å²) < 4.78 is 6.39. The maximum Gasteiger partial charge on any atom is 0.209 e. The van der Waals surface area contributed by atoms with Crippen LogP contribution in [0.5, 0.6) is 0 Å². The summed E-state index contributed by atoms with van der Waals surface area (Å²) in [5.41, 5.74) is 1.18. The van der Waals surface area contributed by atoms with E-state index >= 15 is 0 Å². The van der Waals surface area contributed by atoms with Gasteiger partial charge in [-0.2, -0.15) is 0 Å². The fourth-order valence-corrected chi connectivity index (χ4v) is 2.20. The Labute approximate surface area is 100.0 Å². The number of allylic oxidation sites excluding steroid dienone is 1. The molecule has 14 heavy (non-hydrogen) atoms. The summed E-state index contributed by atoms with van der Waals surface area (Å²) in [6.07, 6.45) is 5.57. The standard InChI is InChI=1S/C11H18INO/c1-8(12)7-10(3)14-11-6-4-5-9(2)13-11/h6,8,10H,4-5,7H2,1-3H3/t8?,10-/m0/s1. The summed E-state index contributed by atoms with van der Waals surface area (Å²) in [6.45, 7) is 6.36. The first-order valence-corrected chi connectivity index (χ1v) is 6.37. The van der Waals surface area contributed by atoms with E-state index in [0.717, 1.165) is 25.1 Å². The van der Waals surface area contributed by atoms with Crippen molar-refractivity contribution in [3.63, 3.8) is 0 Å². The van der Waals surface area contributed by atoms with Crippen LogP contribution >= 0.6 is 22.6 Å². The van der Waals surface area contributed by atoms with Gasteiger partial charge in [0, 0.05) is 9.64 Å². The first-order chi connectivity index (χ1) is 6.58. The molecule has 0 amide bonds. The van der Waals surface area contributed by atoms with E-state index in [2.05, 4.69) is 54.4 Å². The number of halogens is 1. The van der Waals surface area contributed by atoms with Crippen molar-refractivity contribution in [2.75, 3.05) is 0 Å². The second-order valence-electron chi connectivity index (χ2n) is 3.87. The number of nitrogens with zero attached hydrogens (tertiary/aromatic N) is 1. The molecule has 1 rings (SSSR count). The highest BCUT2D eigenvalue weighted by atomic mass is 127. The quantitative estimate of drug-likeness (QED) is 0.573. The molecule has 1 heterocycles. The van der Waals surface area contributed by atoms with Gasteiger partial charge in [-0.05, 0) is 39.2 Å². The van der Waals surface area contributed by atoms with Gasteiger partial charge in [0.15, 0.2) is 0 Å². The Morgan fingerprint density at radius 2 is 2.29 bits per heavy atom. The second-order valence-corrected chi connectivity index (χ2v) is 6.00. The molecule has 0 aromatic rings. The molecule has 1 aliphatic heterocycles. The molecule has 0 aliphatic carbocycles. The van der Waals surface area contributed by atoms with Crippen molar-refractivity contribution in [3.8, 4) is 0 Å². The van der Waals surface area contributed by atoms with Crippen LogP contribution in [-0.4, -0.2) is 15.7 Å². The molecule has 0 aromatic heterocycles. The lowest BCUT2D eigenvalue weighted by atomic mass is 10.2. The average molecular weight is 307 g/mol. The number of alkyl halides is 1. The van der Waals surface area contributed by atoms with Gasteiger partial charge < -0.3 is 4.74 Å².